The van der Waals surface area contributed by atoms with Gasteiger partial charge in [0.15, 0.2) is 5.78 Å². The monoisotopic (exact) mass is 261 g/mol. The Balaban J connectivity index is 2.22. The summed E-state index contributed by atoms with van der Waals surface area (Å²) in [5, 5.41) is 0. The van der Waals surface area contributed by atoms with Crippen LogP contribution in [0.3, 0.4) is 0 Å². The largest absolute Gasteiger partial charge is 0.467 e. The van der Waals surface area contributed by atoms with Gasteiger partial charge in [-0.1, -0.05) is 0 Å². The van der Waals surface area contributed by atoms with Crippen LogP contribution in [0.15, 0.2) is 24.3 Å². The number of hydrogen-bond donors (Lipinski definition) is 0. The average Bonchev–Trinajstić information content (AvgIpc) is 2.46. The third-order valence-electron chi connectivity index (χ3n) is 3.58. The molecule has 0 N–H and O–H groups in total. The van der Waals surface area contributed by atoms with Crippen molar-refractivity contribution < 1.29 is 14.3 Å². The van der Waals surface area contributed by atoms with Crippen molar-refractivity contribution in [2.24, 2.45) is 0 Å². The Morgan fingerprint density at radius 3 is 2.47 bits per heavy atom. The molecule has 4 heteroatoms. The molecule has 1 heterocycles. The molecule has 0 saturated carbocycles. The van der Waals surface area contributed by atoms with E-state index >= 15 is 0 Å². The molecule has 0 spiro atoms. The van der Waals surface area contributed by atoms with Crippen LogP contribution in [0, 0.1) is 0 Å². The van der Waals surface area contributed by atoms with Gasteiger partial charge in [-0.2, -0.15) is 0 Å². The third kappa shape index (κ3) is 2.95. The zero-order valence-corrected chi connectivity index (χ0v) is 11.4. The van der Waals surface area contributed by atoms with Crippen molar-refractivity contribution in [3.63, 3.8) is 0 Å². The van der Waals surface area contributed by atoms with E-state index in [9.17, 15) is 9.59 Å². The predicted molar refractivity (Wildman–Crippen MR) is 73.4 cm³/mol. The summed E-state index contributed by atoms with van der Waals surface area (Å²) >= 11 is 0. The molecule has 102 valence electrons. The van der Waals surface area contributed by atoms with Crippen molar-refractivity contribution in [3.8, 4) is 0 Å². The Morgan fingerprint density at radius 2 is 1.89 bits per heavy atom. The highest BCUT2D eigenvalue weighted by Gasteiger charge is 2.29. The number of piperidine rings is 1. The van der Waals surface area contributed by atoms with E-state index < -0.39 is 0 Å². The summed E-state index contributed by atoms with van der Waals surface area (Å²) < 4.78 is 4.87. The Hall–Kier alpha value is -1.84. The first-order valence-corrected chi connectivity index (χ1v) is 6.59. The lowest BCUT2D eigenvalue weighted by atomic mass is 10.0. The number of methoxy groups -OCH3 is 1. The van der Waals surface area contributed by atoms with Gasteiger partial charge in [-0.15, -0.1) is 0 Å². The van der Waals surface area contributed by atoms with Crippen molar-refractivity contribution >= 4 is 17.4 Å². The topological polar surface area (TPSA) is 46.6 Å². The molecule has 1 fully saturated rings. The van der Waals surface area contributed by atoms with Gasteiger partial charge in [0.25, 0.3) is 0 Å². The molecule has 0 radical (unpaired) electrons. The first-order chi connectivity index (χ1) is 9.13. The molecule has 1 aliphatic heterocycles. The minimum absolute atomic E-state index is 0.0507. The molecule has 1 aromatic carbocycles. The maximum absolute atomic E-state index is 11.8. The molecule has 1 saturated heterocycles. The average molecular weight is 261 g/mol. The van der Waals surface area contributed by atoms with E-state index in [-0.39, 0.29) is 17.8 Å². The summed E-state index contributed by atoms with van der Waals surface area (Å²) in [6.07, 6.45) is 2.94. The fourth-order valence-corrected chi connectivity index (χ4v) is 2.51. The first-order valence-electron chi connectivity index (χ1n) is 6.59. The second kappa shape index (κ2) is 5.87. The minimum Gasteiger partial charge on any atom is -0.467 e. The molecule has 0 aliphatic carbocycles. The number of rotatable bonds is 3. The van der Waals surface area contributed by atoms with Gasteiger partial charge in [-0.3, -0.25) is 4.79 Å². The van der Waals surface area contributed by atoms with E-state index in [0.29, 0.717) is 5.56 Å². The van der Waals surface area contributed by atoms with E-state index in [1.54, 1.807) is 19.1 Å². The fraction of sp³-hybridized carbons (Fsp3) is 0.467. The van der Waals surface area contributed by atoms with Gasteiger partial charge in [-0.25, -0.2) is 4.79 Å². The maximum Gasteiger partial charge on any atom is 0.328 e. The fourth-order valence-electron chi connectivity index (χ4n) is 2.51. The number of Topliss-reactive ketones (excluding diaryl/α,β-unsaturated/α-hetero) is 1. The van der Waals surface area contributed by atoms with E-state index in [0.717, 1.165) is 31.5 Å². The number of hydrogen-bond acceptors (Lipinski definition) is 4. The number of carbonyl (C=O) groups is 2. The van der Waals surface area contributed by atoms with E-state index in [1.165, 1.54) is 7.11 Å². The predicted octanol–water partition coefficient (Wildman–Crippen LogP) is 2.42. The number of ether oxygens (including phenoxy) is 1. The van der Waals surface area contributed by atoms with Crippen molar-refractivity contribution in [2.45, 2.75) is 32.2 Å². The van der Waals surface area contributed by atoms with Gasteiger partial charge in [0, 0.05) is 17.8 Å². The molecule has 1 atom stereocenters. The molecule has 19 heavy (non-hydrogen) atoms. The number of esters is 1. The van der Waals surface area contributed by atoms with Crippen LogP contribution in [0.2, 0.25) is 0 Å². The van der Waals surface area contributed by atoms with Gasteiger partial charge >= 0.3 is 5.97 Å². The van der Waals surface area contributed by atoms with Crippen LogP contribution in [0.1, 0.15) is 36.5 Å². The summed E-state index contributed by atoms with van der Waals surface area (Å²) in [5.74, 6) is -0.134. The van der Waals surface area contributed by atoms with Crippen molar-refractivity contribution in [1.82, 2.24) is 0 Å². The quantitative estimate of drug-likeness (QED) is 0.619. The molecular formula is C15H19NO3. The van der Waals surface area contributed by atoms with Crippen molar-refractivity contribution in [3.05, 3.63) is 29.8 Å². The van der Waals surface area contributed by atoms with Crippen LogP contribution >= 0.6 is 0 Å². The third-order valence-corrected chi connectivity index (χ3v) is 3.58. The molecule has 0 bridgehead atoms. The molecule has 1 unspecified atom stereocenters. The summed E-state index contributed by atoms with van der Waals surface area (Å²) in [7, 11) is 1.42. The highest BCUT2D eigenvalue weighted by molar-refractivity contribution is 5.94. The molecule has 4 nitrogen and oxygen atoms in total. The lowest BCUT2D eigenvalue weighted by Crippen LogP contribution is -2.45. The Labute approximate surface area is 113 Å². The summed E-state index contributed by atoms with van der Waals surface area (Å²) in [4.78, 5) is 25.1. The van der Waals surface area contributed by atoms with Crippen molar-refractivity contribution in [1.29, 1.82) is 0 Å². The van der Waals surface area contributed by atoms with Crippen molar-refractivity contribution in [2.75, 3.05) is 18.6 Å². The lowest BCUT2D eigenvalue weighted by molar-refractivity contribution is -0.142. The van der Waals surface area contributed by atoms with E-state index in [2.05, 4.69) is 4.90 Å². The van der Waals surface area contributed by atoms with E-state index in [1.807, 2.05) is 12.1 Å². The van der Waals surface area contributed by atoms with Gasteiger partial charge in [0.1, 0.15) is 6.04 Å². The first kappa shape index (κ1) is 13.6. The summed E-state index contributed by atoms with van der Waals surface area (Å²) in [5.41, 5.74) is 1.66. The Kier molecular flexibility index (Phi) is 4.20. The standard InChI is InChI=1S/C15H19NO3/c1-11(17)12-6-8-13(9-7-12)16-10-4-3-5-14(16)15(18)19-2/h6-9,14H,3-5,10H2,1-2H3. The van der Waals surface area contributed by atoms with Gasteiger partial charge < -0.3 is 9.64 Å². The highest BCUT2D eigenvalue weighted by atomic mass is 16.5. The van der Waals surface area contributed by atoms with Crippen LogP contribution in [0.25, 0.3) is 0 Å². The highest BCUT2D eigenvalue weighted by Crippen LogP contribution is 2.25. The lowest BCUT2D eigenvalue weighted by Gasteiger charge is -2.35. The van der Waals surface area contributed by atoms with Gasteiger partial charge in [0.2, 0.25) is 0 Å². The number of anilines is 1. The smallest absolute Gasteiger partial charge is 0.328 e. The zero-order valence-electron chi connectivity index (χ0n) is 11.4. The number of nitrogens with zero attached hydrogens (tertiary/aromatic N) is 1. The van der Waals surface area contributed by atoms with Crippen LogP contribution in [0.5, 0.6) is 0 Å². The molecule has 2 rings (SSSR count). The van der Waals surface area contributed by atoms with Gasteiger partial charge in [0.05, 0.1) is 7.11 Å². The van der Waals surface area contributed by atoms with Crippen LogP contribution in [-0.4, -0.2) is 31.4 Å². The number of carbonyl (C=O) groups excluding carboxylic acids is 2. The number of ketones is 1. The minimum atomic E-state index is -0.207. The second-order valence-electron chi connectivity index (χ2n) is 4.83. The molecular weight excluding hydrogens is 242 g/mol. The maximum atomic E-state index is 11.8. The zero-order chi connectivity index (χ0) is 13.8. The molecule has 0 amide bonds. The Morgan fingerprint density at radius 1 is 1.21 bits per heavy atom. The molecule has 1 aliphatic rings. The van der Waals surface area contributed by atoms with Crippen LogP contribution < -0.4 is 4.90 Å². The van der Waals surface area contributed by atoms with Crippen LogP contribution in [-0.2, 0) is 9.53 Å². The van der Waals surface area contributed by atoms with Crippen LogP contribution in [0.4, 0.5) is 5.69 Å². The molecule has 1 aromatic rings. The molecule has 0 aromatic heterocycles. The normalized spacial score (nSPS) is 19.1. The summed E-state index contributed by atoms with van der Waals surface area (Å²) in [6.45, 7) is 2.40. The SMILES string of the molecule is COC(=O)C1CCCCN1c1ccc(C(C)=O)cc1. The van der Waals surface area contributed by atoms with Gasteiger partial charge in [-0.05, 0) is 50.5 Å². The van der Waals surface area contributed by atoms with E-state index in [4.69, 9.17) is 4.74 Å². The summed E-state index contributed by atoms with van der Waals surface area (Å²) in [6, 6.07) is 7.21. The Bertz CT molecular complexity index is 467. The number of benzene rings is 1. The second-order valence-corrected chi connectivity index (χ2v) is 4.83.